The van der Waals surface area contributed by atoms with Crippen LogP contribution in [0, 0.1) is 11.8 Å². The van der Waals surface area contributed by atoms with Crippen LogP contribution >= 0.6 is 0 Å². The molecule has 0 saturated heterocycles. The van der Waals surface area contributed by atoms with Gasteiger partial charge in [-0.3, -0.25) is 4.72 Å². The Morgan fingerprint density at radius 3 is 2.35 bits per heavy atom. The first kappa shape index (κ1) is 26.0. The van der Waals surface area contributed by atoms with Crippen molar-refractivity contribution in [2.75, 3.05) is 22.8 Å². The van der Waals surface area contributed by atoms with Gasteiger partial charge < -0.3 is 14.7 Å². The summed E-state index contributed by atoms with van der Waals surface area (Å²) in [6, 6.07) is 12.1. The number of hydrogen-bond donors (Lipinski definition) is 2. The van der Waals surface area contributed by atoms with E-state index in [9.17, 15) is 13.5 Å². The van der Waals surface area contributed by atoms with E-state index < -0.39 is 10.0 Å². The number of aromatic nitrogens is 1. The third-order valence-corrected chi connectivity index (χ3v) is 9.74. The highest BCUT2D eigenvalue weighted by molar-refractivity contribution is 7.92. The fourth-order valence-corrected chi connectivity index (χ4v) is 7.71. The lowest BCUT2D eigenvalue weighted by atomic mass is 9.71. The van der Waals surface area contributed by atoms with Gasteiger partial charge in [0.15, 0.2) is 5.03 Å². The molecule has 0 bridgehead atoms. The summed E-state index contributed by atoms with van der Waals surface area (Å²) in [6.45, 7) is 3.17. The Morgan fingerprint density at radius 1 is 1.05 bits per heavy atom. The third-order valence-electron chi connectivity index (χ3n) is 8.44. The number of nitrogens with zero attached hydrogens (tertiary/aromatic N) is 2. The smallest absolute Gasteiger partial charge is 0.279 e. The van der Waals surface area contributed by atoms with Gasteiger partial charge in [0.05, 0.1) is 23.6 Å². The molecule has 0 unspecified atom stereocenters. The van der Waals surface area contributed by atoms with Crippen LogP contribution in [0.15, 0.2) is 65.1 Å². The molecule has 0 radical (unpaired) electrons. The predicted octanol–water partition coefficient (Wildman–Crippen LogP) is 6.41. The van der Waals surface area contributed by atoms with Crippen molar-refractivity contribution in [3.63, 3.8) is 0 Å². The van der Waals surface area contributed by atoms with Crippen molar-refractivity contribution in [1.82, 2.24) is 4.98 Å². The Hall–Kier alpha value is -2.58. The van der Waals surface area contributed by atoms with E-state index in [0.717, 1.165) is 17.8 Å². The molecule has 0 amide bonds. The van der Waals surface area contributed by atoms with Gasteiger partial charge in [-0.1, -0.05) is 44.7 Å². The number of anilines is 2. The van der Waals surface area contributed by atoms with E-state index in [-0.39, 0.29) is 10.6 Å². The molecule has 1 aromatic carbocycles. The summed E-state index contributed by atoms with van der Waals surface area (Å²) in [5.41, 5.74) is 1.81. The van der Waals surface area contributed by atoms with Gasteiger partial charge in [-0.15, -0.1) is 0 Å². The molecule has 0 atom stereocenters. The molecule has 2 N–H and O–H groups in total. The molecule has 8 heteroatoms. The topological polar surface area (TPSA) is 91.8 Å². The maximum atomic E-state index is 12.8. The van der Waals surface area contributed by atoms with Gasteiger partial charge in [0.1, 0.15) is 5.76 Å². The highest BCUT2D eigenvalue weighted by atomic mass is 32.2. The molecular weight excluding hydrogens is 486 g/mol. The van der Waals surface area contributed by atoms with E-state index >= 15 is 0 Å². The standard InChI is InChI=1S/C29H39N3O4S/c1-2-18-32(25-15-9-14-24(19-25)31-37(34,35)28-16-7-8-17-30-28)26-21-36-29(20-27(26)33,22-10-3-4-11-22)23-12-5-6-13-23/h7-9,14-17,19,22-23,31,33H,2-6,10-13,18,20-21H2,1H3. The van der Waals surface area contributed by atoms with E-state index in [2.05, 4.69) is 21.5 Å². The van der Waals surface area contributed by atoms with Crippen LogP contribution in [-0.2, 0) is 14.8 Å². The molecule has 200 valence electrons. The third kappa shape index (κ3) is 5.36. The van der Waals surface area contributed by atoms with Gasteiger partial charge in [-0.2, -0.15) is 8.42 Å². The van der Waals surface area contributed by atoms with Crippen molar-refractivity contribution in [2.24, 2.45) is 11.8 Å². The van der Waals surface area contributed by atoms with E-state index in [0.29, 0.717) is 42.9 Å². The normalized spacial score (nSPS) is 20.9. The summed E-state index contributed by atoms with van der Waals surface area (Å²) in [6.07, 6.45) is 12.7. The minimum Gasteiger partial charge on any atom is -0.510 e. The average Bonchev–Trinajstić information content (AvgIpc) is 3.64. The van der Waals surface area contributed by atoms with Crippen molar-refractivity contribution >= 4 is 21.4 Å². The predicted molar refractivity (Wildman–Crippen MR) is 146 cm³/mol. The van der Waals surface area contributed by atoms with Crippen LogP contribution < -0.4 is 9.62 Å². The molecule has 2 heterocycles. The van der Waals surface area contributed by atoms with E-state index in [1.54, 1.807) is 18.2 Å². The van der Waals surface area contributed by atoms with Crippen molar-refractivity contribution < 1.29 is 18.3 Å². The highest BCUT2D eigenvalue weighted by Crippen LogP contribution is 2.51. The Kier molecular flexibility index (Phi) is 7.77. The van der Waals surface area contributed by atoms with Crippen LogP contribution in [0.25, 0.3) is 0 Å². The maximum Gasteiger partial charge on any atom is 0.279 e. The molecule has 5 rings (SSSR count). The first-order valence-corrected chi connectivity index (χ1v) is 15.3. The van der Waals surface area contributed by atoms with Crippen molar-refractivity contribution in [3.8, 4) is 0 Å². The quantitative estimate of drug-likeness (QED) is 0.393. The number of hydrogen-bond acceptors (Lipinski definition) is 6. The highest BCUT2D eigenvalue weighted by Gasteiger charge is 2.51. The second-order valence-electron chi connectivity index (χ2n) is 10.8. The van der Waals surface area contributed by atoms with Crippen LogP contribution in [0.5, 0.6) is 0 Å². The van der Waals surface area contributed by atoms with E-state index in [4.69, 9.17) is 4.74 Å². The lowest BCUT2D eigenvalue weighted by Crippen LogP contribution is -2.50. The second-order valence-corrected chi connectivity index (χ2v) is 12.4. The summed E-state index contributed by atoms with van der Waals surface area (Å²) in [4.78, 5) is 6.06. The van der Waals surface area contributed by atoms with Crippen LogP contribution in [0.2, 0.25) is 0 Å². The van der Waals surface area contributed by atoms with Crippen molar-refractivity contribution in [2.45, 2.75) is 81.8 Å². The number of pyridine rings is 1. The zero-order chi connectivity index (χ0) is 25.9. The lowest BCUT2D eigenvalue weighted by molar-refractivity contribution is -0.131. The number of rotatable bonds is 9. The molecule has 2 aromatic rings. The molecule has 7 nitrogen and oxygen atoms in total. The Labute approximate surface area is 221 Å². The maximum absolute atomic E-state index is 12.8. The molecule has 1 aliphatic heterocycles. The molecule has 2 aliphatic carbocycles. The minimum absolute atomic E-state index is 0.0259. The summed E-state index contributed by atoms with van der Waals surface area (Å²) in [5, 5.41) is 11.5. The Morgan fingerprint density at radius 2 is 1.76 bits per heavy atom. The number of aliphatic hydroxyl groups excluding tert-OH is 1. The summed E-state index contributed by atoms with van der Waals surface area (Å²) in [5.74, 6) is 1.46. The van der Waals surface area contributed by atoms with Crippen LogP contribution in [0.1, 0.15) is 71.1 Å². The number of ether oxygens (including phenoxy) is 1. The molecule has 2 saturated carbocycles. The fraction of sp³-hybridized carbons (Fsp3) is 0.552. The lowest BCUT2D eigenvalue weighted by Gasteiger charge is -2.48. The fourth-order valence-electron chi connectivity index (χ4n) is 6.72. The Bertz CT molecular complexity index is 1190. The first-order chi connectivity index (χ1) is 17.9. The van der Waals surface area contributed by atoms with Gasteiger partial charge >= 0.3 is 0 Å². The molecule has 37 heavy (non-hydrogen) atoms. The molecule has 3 aliphatic rings. The summed E-state index contributed by atoms with van der Waals surface area (Å²) in [7, 11) is -3.80. The van der Waals surface area contributed by atoms with Gasteiger partial charge in [0.25, 0.3) is 10.0 Å². The summed E-state index contributed by atoms with van der Waals surface area (Å²) >= 11 is 0. The van der Waals surface area contributed by atoms with E-state index in [1.165, 1.54) is 63.6 Å². The van der Waals surface area contributed by atoms with Crippen LogP contribution in [0.3, 0.4) is 0 Å². The zero-order valence-corrected chi connectivity index (χ0v) is 22.5. The SMILES string of the molecule is CCCN(C1=C(O)CC(C2CCCC2)(C2CCCC2)OC1)c1cccc(NS(=O)(=O)c2ccccn2)c1. The number of aliphatic hydroxyl groups is 1. The molecule has 1 aromatic heterocycles. The monoisotopic (exact) mass is 525 g/mol. The molecular formula is C29H39N3O4S. The van der Waals surface area contributed by atoms with Crippen molar-refractivity contribution in [1.29, 1.82) is 0 Å². The van der Waals surface area contributed by atoms with Gasteiger partial charge in [-0.25, -0.2) is 4.98 Å². The molecule has 2 fully saturated rings. The van der Waals surface area contributed by atoms with Crippen molar-refractivity contribution in [3.05, 3.63) is 60.1 Å². The minimum atomic E-state index is -3.80. The van der Waals surface area contributed by atoms with Gasteiger partial charge in [0.2, 0.25) is 0 Å². The zero-order valence-electron chi connectivity index (χ0n) is 21.7. The number of nitrogens with one attached hydrogen (secondary N) is 1. The first-order valence-electron chi connectivity index (χ1n) is 13.8. The van der Waals surface area contributed by atoms with E-state index in [1.807, 2.05) is 18.2 Å². The van der Waals surface area contributed by atoms with Gasteiger partial charge in [-0.05, 0) is 74.3 Å². The van der Waals surface area contributed by atoms with Gasteiger partial charge in [0, 0.05) is 24.8 Å². The van der Waals surface area contributed by atoms with Crippen LogP contribution in [-0.4, -0.2) is 37.3 Å². The molecule has 0 spiro atoms. The number of sulfonamides is 1. The average molecular weight is 526 g/mol. The summed E-state index contributed by atoms with van der Waals surface area (Å²) < 4.78 is 35.2. The Balaban J connectivity index is 1.42. The van der Waals surface area contributed by atoms with Crippen LogP contribution in [0.4, 0.5) is 11.4 Å². The second kappa shape index (κ2) is 11.0. The number of benzene rings is 1. The largest absolute Gasteiger partial charge is 0.510 e.